The van der Waals surface area contributed by atoms with Gasteiger partial charge in [-0.1, -0.05) is 19.1 Å². The predicted octanol–water partition coefficient (Wildman–Crippen LogP) is 1.70. The topological polar surface area (TPSA) is 94.6 Å². The molecule has 3 heterocycles. The van der Waals surface area contributed by atoms with E-state index in [2.05, 4.69) is 15.6 Å². The zero-order chi connectivity index (χ0) is 19.1. The molecule has 2 aromatic rings. The molecule has 2 N–H and O–H groups in total. The number of amides is 3. The summed E-state index contributed by atoms with van der Waals surface area (Å²) in [5.74, 6) is -0.302. The Bertz CT molecular complexity index is 958. The monoisotopic (exact) mass is 365 g/mol. The molecule has 2 aliphatic rings. The lowest BCUT2D eigenvalue weighted by Crippen LogP contribution is -2.38. The highest BCUT2D eigenvalue weighted by Gasteiger charge is 2.30. The zero-order valence-electron chi connectivity index (χ0n) is 15.0. The number of carbonyl (C=O) groups excluding carboxylic acids is 3. The quantitative estimate of drug-likeness (QED) is 0.802. The zero-order valence-corrected chi connectivity index (χ0v) is 15.0. The minimum absolute atomic E-state index is 0.129. The maximum atomic E-state index is 13.2. The molecule has 3 amide bonds. The number of pyridine rings is 1. The van der Waals surface area contributed by atoms with Crippen LogP contribution in [-0.4, -0.2) is 42.8 Å². The maximum Gasteiger partial charge on any atom is 0.260 e. The third-order valence-electron chi connectivity index (χ3n) is 4.73. The summed E-state index contributed by atoms with van der Waals surface area (Å²) in [6.45, 7) is 2.25. The van der Waals surface area contributed by atoms with Crippen molar-refractivity contribution in [3.05, 3.63) is 42.1 Å². The van der Waals surface area contributed by atoms with Crippen LogP contribution in [0.15, 0.2) is 36.5 Å². The summed E-state index contributed by atoms with van der Waals surface area (Å²) in [6, 6.07) is 8.83. The van der Waals surface area contributed by atoms with Crippen molar-refractivity contribution in [3.8, 4) is 0 Å². The van der Waals surface area contributed by atoms with Gasteiger partial charge >= 0.3 is 0 Å². The van der Waals surface area contributed by atoms with E-state index in [0.29, 0.717) is 28.4 Å². The maximum absolute atomic E-state index is 13.2. The number of benzene rings is 1. The Morgan fingerprint density at radius 1 is 1.19 bits per heavy atom. The number of hydrogen-bond acceptors (Lipinski definition) is 5. The second-order valence-electron chi connectivity index (χ2n) is 6.82. The Labute approximate surface area is 156 Å². The van der Waals surface area contributed by atoms with Gasteiger partial charge in [0.1, 0.15) is 0 Å². The van der Waals surface area contributed by atoms with Gasteiger partial charge in [0.25, 0.3) is 5.91 Å². The van der Waals surface area contributed by atoms with Crippen LogP contribution in [0.25, 0.3) is 0 Å². The first-order valence-electron chi connectivity index (χ1n) is 8.67. The van der Waals surface area contributed by atoms with Crippen molar-refractivity contribution in [1.82, 2.24) is 4.98 Å². The van der Waals surface area contributed by atoms with Gasteiger partial charge < -0.3 is 20.4 Å². The molecule has 1 aromatic carbocycles. The van der Waals surface area contributed by atoms with Crippen molar-refractivity contribution in [3.63, 3.8) is 0 Å². The molecule has 1 aromatic heterocycles. The van der Waals surface area contributed by atoms with Crippen LogP contribution in [0.2, 0.25) is 0 Å². The Morgan fingerprint density at radius 2 is 1.96 bits per heavy atom. The van der Waals surface area contributed by atoms with Gasteiger partial charge in [0.2, 0.25) is 11.8 Å². The van der Waals surface area contributed by atoms with Crippen LogP contribution in [0.3, 0.4) is 0 Å². The molecule has 8 heteroatoms. The Kier molecular flexibility index (Phi) is 4.02. The molecule has 8 nitrogen and oxygen atoms in total. The lowest BCUT2D eigenvalue weighted by molar-refractivity contribution is -0.119. The van der Waals surface area contributed by atoms with Crippen molar-refractivity contribution < 1.29 is 14.4 Å². The van der Waals surface area contributed by atoms with E-state index in [-0.39, 0.29) is 36.7 Å². The molecule has 27 heavy (non-hydrogen) atoms. The van der Waals surface area contributed by atoms with Crippen molar-refractivity contribution >= 4 is 40.6 Å². The molecule has 0 bridgehead atoms. The van der Waals surface area contributed by atoms with Gasteiger partial charge in [-0.2, -0.15) is 0 Å². The summed E-state index contributed by atoms with van der Waals surface area (Å²) in [7, 11) is 1.77. The number of fused-ring (bicyclic) bond motifs is 2. The van der Waals surface area contributed by atoms with Gasteiger partial charge in [0.15, 0.2) is 5.82 Å². The summed E-state index contributed by atoms with van der Waals surface area (Å²) in [5.41, 5.74) is 2.09. The smallest absolute Gasteiger partial charge is 0.260 e. The molecule has 0 spiro atoms. The third-order valence-corrected chi connectivity index (χ3v) is 4.73. The SMILES string of the molecule is CC1CN(C(=O)c2cnc3c(c2)NC(=O)CN3C)c2ccccc2NC1=O. The Balaban J connectivity index is 1.73. The van der Waals surface area contributed by atoms with Gasteiger partial charge in [-0.15, -0.1) is 0 Å². The first-order valence-corrected chi connectivity index (χ1v) is 8.67. The van der Waals surface area contributed by atoms with E-state index in [1.54, 1.807) is 42.0 Å². The summed E-state index contributed by atoms with van der Waals surface area (Å²) in [4.78, 5) is 44.9. The standard InChI is InChI=1S/C19H19N5O3/c1-11-9-24(15-6-4-3-5-13(15)22-18(11)26)19(27)12-7-14-17(20-8-12)23(2)10-16(25)21-14/h3-8,11H,9-10H2,1-2H3,(H,21,25)(H,22,26). The van der Waals surface area contributed by atoms with Crippen LogP contribution in [-0.2, 0) is 9.59 Å². The minimum Gasteiger partial charge on any atom is -0.349 e. The van der Waals surface area contributed by atoms with Crippen LogP contribution < -0.4 is 20.4 Å². The Hall–Kier alpha value is -3.42. The second-order valence-corrected chi connectivity index (χ2v) is 6.82. The summed E-state index contributed by atoms with van der Waals surface area (Å²) in [5, 5.41) is 5.61. The number of aromatic nitrogens is 1. The van der Waals surface area contributed by atoms with E-state index >= 15 is 0 Å². The van der Waals surface area contributed by atoms with Gasteiger partial charge in [-0.25, -0.2) is 4.98 Å². The number of hydrogen-bond donors (Lipinski definition) is 2. The van der Waals surface area contributed by atoms with E-state index in [1.165, 1.54) is 6.20 Å². The number of nitrogens with zero attached hydrogens (tertiary/aromatic N) is 3. The fraction of sp³-hybridized carbons (Fsp3) is 0.263. The van der Waals surface area contributed by atoms with Gasteiger partial charge in [0.05, 0.1) is 35.1 Å². The van der Waals surface area contributed by atoms with Crippen LogP contribution in [0.1, 0.15) is 17.3 Å². The van der Waals surface area contributed by atoms with Gasteiger partial charge in [0, 0.05) is 19.8 Å². The van der Waals surface area contributed by atoms with Crippen molar-refractivity contribution in [1.29, 1.82) is 0 Å². The molecule has 0 fully saturated rings. The second kappa shape index (κ2) is 6.39. The molecule has 1 atom stereocenters. The summed E-state index contributed by atoms with van der Waals surface area (Å²) >= 11 is 0. The highest BCUT2D eigenvalue weighted by atomic mass is 16.2. The highest BCUT2D eigenvalue weighted by Crippen LogP contribution is 2.32. The van der Waals surface area contributed by atoms with Crippen molar-refractivity contribution in [2.75, 3.05) is 40.6 Å². The number of rotatable bonds is 1. The fourth-order valence-corrected chi connectivity index (χ4v) is 3.32. The Morgan fingerprint density at radius 3 is 2.78 bits per heavy atom. The normalized spacial score (nSPS) is 18.8. The number of anilines is 4. The third kappa shape index (κ3) is 2.99. The minimum atomic E-state index is -0.363. The molecule has 0 saturated carbocycles. The van der Waals surface area contributed by atoms with Gasteiger partial charge in [-0.3, -0.25) is 14.4 Å². The average Bonchev–Trinajstić information content (AvgIpc) is 2.77. The van der Waals surface area contributed by atoms with Crippen LogP contribution in [0.4, 0.5) is 22.9 Å². The number of carbonyl (C=O) groups is 3. The molecular weight excluding hydrogens is 346 g/mol. The average molecular weight is 365 g/mol. The van der Waals surface area contributed by atoms with Crippen LogP contribution in [0, 0.1) is 5.92 Å². The molecule has 2 aliphatic heterocycles. The molecule has 0 radical (unpaired) electrons. The van der Waals surface area contributed by atoms with E-state index in [4.69, 9.17) is 0 Å². The van der Waals surface area contributed by atoms with Crippen LogP contribution in [0.5, 0.6) is 0 Å². The number of nitrogens with one attached hydrogen (secondary N) is 2. The summed E-state index contributed by atoms with van der Waals surface area (Å²) in [6.07, 6.45) is 1.50. The summed E-state index contributed by atoms with van der Waals surface area (Å²) < 4.78 is 0. The van der Waals surface area contributed by atoms with Crippen molar-refractivity contribution in [2.45, 2.75) is 6.92 Å². The predicted molar refractivity (Wildman–Crippen MR) is 102 cm³/mol. The van der Waals surface area contributed by atoms with Crippen molar-refractivity contribution in [2.24, 2.45) is 5.92 Å². The molecular formula is C19H19N5O3. The molecule has 4 rings (SSSR count). The first-order chi connectivity index (χ1) is 12.9. The molecule has 1 unspecified atom stereocenters. The first kappa shape index (κ1) is 17.0. The van der Waals surface area contributed by atoms with E-state index in [0.717, 1.165) is 0 Å². The van der Waals surface area contributed by atoms with E-state index in [9.17, 15) is 14.4 Å². The highest BCUT2D eigenvalue weighted by molar-refractivity contribution is 6.12. The lowest BCUT2D eigenvalue weighted by Gasteiger charge is -2.27. The molecule has 138 valence electrons. The largest absolute Gasteiger partial charge is 0.349 e. The fourth-order valence-electron chi connectivity index (χ4n) is 3.32. The molecule has 0 aliphatic carbocycles. The lowest BCUT2D eigenvalue weighted by atomic mass is 10.1. The van der Waals surface area contributed by atoms with Gasteiger partial charge in [-0.05, 0) is 18.2 Å². The number of para-hydroxylation sites is 2. The van der Waals surface area contributed by atoms with Crippen LogP contribution >= 0.6 is 0 Å². The molecule has 0 saturated heterocycles. The van der Waals surface area contributed by atoms with E-state index in [1.807, 2.05) is 12.1 Å². The number of likely N-dealkylation sites (N-methyl/N-ethyl adjacent to an activating group) is 1. The van der Waals surface area contributed by atoms with E-state index < -0.39 is 0 Å².